The van der Waals surface area contributed by atoms with Gasteiger partial charge in [0.25, 0.3) is 0 Å². The average Bonchev–Trinajstić information content (AvgIpc) is 2.48. The van der Waals surface area contributed by atoms with Gasteiger partial charge in [0, 0.05) is 29.8 Å². The zero-order valence-corrected chi connectivity index (χ0v) is 13.3. The van der Waals surface area contributed by atoms with Gasteiger partial charge in [0.1, 0.15) is 0 Å². The number of aryl methyl sites for hydroxylation is 1. The summed E-state index contributed by atoms with van der Waals surface area (Å²) in [7, 11) is 0. The average molecular weight is 304 g/mol. The highest BCUT2D eigenvalue weighted by Gasteiger charge is 2.20. The number of likely N-dealkylation sites (N-methyl/N-ethyl adjacent to an activating group) is 1. The van der Waals surface area contributed by atoms with Crippen LogP contribution in [-0.2, 0) is 6.54 Å². The lowest BCUT2D eigenvalue weighted by molar-refractivity contribution is 0.201. The summed E-state index contributed by atoms with van der Waals surface area (Å²) < 4.78 is 0. The molecule has 2 aromatic rings. The first-order valence-electron chi connectivity index (χ1n) is 7.26. The molecule has 0 amide bonds. The van der Waals surface area contributed by atoms with Crippen molar-refractivity contribution in [1.82, 2.24) is 9.88 Å². The van der Waals surface area contributed by atoms with E-state index in [9.17, 15) is 0 Å². The molecule has 4 heteroatoms. The first-order chi connectivity index (χ1) is 10.2. The van der Waals surface area contributed by atoms with Gasteiger partial charge in [0.05, 0.1) is 5.69 Å². The van der Waals surface area contributed by atoms with Gasteiger partial charge in [-0.3, -0.25) is 9.88 Å². The van der Waals surface area contributed by atoms with Crippen molar-refractivity contribution in [2.45, 2.75) is 26.4 Å². The summed E-state index contributed by atoms with van der Waals surface area (Å²) in [6, 6.07) is 14.1. The highest BCUT2D eigenvalue weighted by Crippen LogP contribution is 2.27. The number of benzene rings is 1. The van der Waals surface area contributed by atoms with E-state index < -0.39 is 0 Å². The minimum atomic E-state index is 0.103. The van der Waals surface area contributed by atoms with Gasteiger partial charge < -0.3 is 5.73 Å². The van der Waals surface area contributed by atoms with Crippen LogP contribution in [-0.4, -0.2) is 23.0 Å². The summed E-state index contributed by atoms with van der Waals surface area (Å²) in [6.07, 6.45) is 0. The monoisotopic (exact) mass is 303 g/mol. The summed E-state index contributed by atoms with van der Waals surface area (Å²) in [5.74, 6) is 0. The van der Waals surface area contributed by atoms with Crippen molar-refractivity contribution in [3.05, 3.63) is 64.4 Å². The Labute approximate surface area is 131 Å². The number of hydrogen-bond donors (Lipinski definition) is 1. The third kappa shape index (κ3) is 4.03. The molecule has 0 aliphatic heterocycles. The molecule has 0 bridgehead atoms. The van der Waals surface area contributed by atoms with Crippen LogP contribution in [0.1, 0.15) is 29.9 Å². The topological polar surface area (TPSA) is 42.2 Å². The van der Waals surface area contributed by atoms with E-state index in [4.69, 9.17) is 17.3 Å². The Hall–Kier alpha value is -1.42. The number of pyridine rings is 1. The minimum Gasteiger partial charge on any atom is -0.329 e. The van der Waals surface area contributed by atoms with Crippen LogP contribution in [0.25, 0.3) is 0 Å². The zero-order chi connectivity index (χ0) is 15.2. The van der Waals surface area contributed by atoms with Gasteiger partial charge in [-0.05, 0) is 37.2 Å². The standard InChI is InChI=1S/C17H22ClN3/c1-3-21(12-14-8-6-7-13(2)20-14)17(11-19)15-9-4-5-10-16(15)18/h4-10,17H,3,11-12,19H2,1-2H3. The third-order valence-electron chi connectivity index (χ3n) is 3.65. The Morgan fingerprint density at radius 2 is 1.95 bits per heavy atom. The van der Waals surface area contributed by atoms with Crippen LogP contribution in [0.3, 0.4) is 0 Å². The van der Waals surface area contributed by atoms with Crippen LogP contribution in [0.4, 0.5) is 0 Å². The van der Waals surface area contributed by atoms with Gasteiger partial charge in [-0.25, -0.2) is 0 Å². The molecule has 0 aliphatic carbocycles. The molecular weight excluding hydrogens is 282 g/mol. The Morgan fingerprint density at radius 1 is 1.19 bits per heavy atom. The summed E-state index contributed by atoms with van der Waals surface area (Å²) in [6.45, 7) is 6.33. The first kappa shape index (κ1) is 16.0. The van der Waals surface area contributed by atoms with E-state index in [0.29, 0.717) is 6.54 Å². The second-order valence-electron chi connectivity index (χ2n) is 5.11. The molecule has 1 atom stereocenters. The predicted molar refractivity (Wildman–Crippen MR) is 88.3 cm³/mol. The lowest BCUT2D eigenvalue weighted by Crippen LogP contribution is -2.33. The van der Waals surface area contributed by atoms with Crippen LogP contribution in [0.5, 0.6) is 0 Å². The van der Waals surface area contributed by atoms with Crippen molar-refractivity contribution < 1.29 is 0 Å². The van der Waals surface area contributed by atoms with Crippen LogP contribution >= 0.6 is 11.6 Å². The summed E-state index contributed by atoms with van der Waals surface area (Å²) in [5, 5.41) is 0.767. The Morgan fingerprint density at radius 3 is 2.57 bits per heavy atom. The number of nitrogens with zero attached hydrogens (tertiary/aromatic N) is 2. The fourth-order valence-electron chi connectivity index (χ4n) is 2.56. The Balaban J connectivity index is 2.24. The number of hydrogen-bond acceptors (Lipinski definition) is 3. The molecule has 2 rings (SSSR count). The molecule has 0 fully saturated rings. The predicted octanol–water partition coefficient (Wildman–Crippen LogP) is 3.57. The quantitative estimate of drug-likeness (QED) is 0.887. The van der Waals surface area contributed by atoms with Crippen LogP contribution in [0.15, 0.2) is 42.5 Å². The molecule has 112 valence electrons. The molecule has 0 saturated carbocycles. The second-order valence-corrected chi connectivity index (χ2v) is 5.51. The van der Waals surface area contributed by atoms with Crippen LogP contribution in [0.2, 0.25) is 5.02 Å². The van der Waals surface area contributed by atoms with Gasteiger partial charge in [-0.15, -0.1) is 0 Å². The molecular formula is C17H22ClN3. The number of nitrogens with two attached hydrogens (primary N) is 1. The Bertz CT molecular complexity index is 586. The SMILES string of the molecule is CCN(Cc1cccc(C)n1)C(CN)c1ccccc1Cl. The summed E-state index contributed by atoms with van der Waals surface area (Å²) in [4.78, 5) is 6.89. The van der Waals surface area contributed by atoms with Crippen molar-refractivity contribution in [3.8, 4) is 0 Å². The molecule has 1 aromatic carbocycles. The van der Waals surface area contributed by atoms with Crippen LogP contribution in [0, 0.1) is 6.92 Å². The van der Waals surface area contributed by atoms with Gasteiger partial charge in [0.2, 0.25) is 0 Å². The minimum absolute atomic E-state index is 0.103. The van der Waals surface area contributed by atoms with E-state index in [-0.39, 0.29) is 6.04 Å². The highest BCUT2D eigenvalue weighted by atomic mass is 35.5. The number of halogens is 1. The van der Waals surface area contributed by atoms with Crippen molar-refractivity contribution in [1.29, 1.82) is 0 Å². The lowest BCUT2D eigenvalue weighted by Gasteiger charge is -2.30. The van der Waals surface area contributed by atoms with E-state index >= 15 is 0 Å². The maximum atomic E-state index is 6.33. The molecule has 0 saturated heterocycles. The summed E-state index contributed by atoms with van der Waals surface area (Å²) >= 11 is 6.33. The molecule has 1 aromatic heterocycles. The van der Waals surface area contributed by atoms with Gasteiger partial charge in [-0.1, -0.05) is 42.8 Å². The third-order valence-corrected chi connectivity index (χ3v) is 3.99. The van der Waals surface area contributed by atoms with E-state index in [2.05, 4.69) is 22.9 Å². The highest BCUT2D eigenvalue weighted by molar-refractivity contribution is 6.31. The van der Waals surface area contributed by atoms with Crippen LogP contribution < -0.4 is 5.73 Å². The second kappa shape index (κ2) is 7.55. The van der Waals surface area contributed by atoms with Crippen molar-refractivity contribution in [2.24, 2.45) is 5.73 Å². The van der Waals surface area contributed by atoms with Gasteiger partial charge in [0.15, 0.2) is 0 Å². The van der Waals surface area contributed by atoms with Gasteiger partial charge >= 0.3 is 0 Å². The number of aromatic nitrogens is 1. The molecule has 2 N–H and O–H groups in total. The van der Waals surface area contributed by atoms with Crippen molar-refractivity contribution in [3.63, 3.8) is 0 Å². The molecule has 1 heterocycles. The van der Waals surface area contributed by atoms with E-state index in [1.807, 2.05) is 43.3 Å². The van der Waals surface area contributed by atoms with Crippen molar-refractivity contribution >= 4 is 11.6 Å². The molecule has 1 unspecified atom stereocenters. The molecule has 0 spiro atoms. The maximum Gasteiger partial charge on any atom is 0.0547 e. The first-order valence-corrected chi connectivity index (χ1v) is 7.64. The smallest absolute Gasteiger partial charge is 0.0547 e. The van der Waals surface area contributed by atoms with Gasteiger partial charge in [-0.2, -0.15) is 0 Å². The largest absolute Gasteiger partial charge is 0.329 e. The lowest BCUT2D eigenvalue weighted by atomic mass is 10.0. The fraction of sp³-hybridized carbons (Fsp3) is 0.353. The Kier molecular flexibility index (Phi) is 5.74. The zero-order valence-electron chi connectivity index (χ0n) is 12.6. The fourth-order valence-corrected chi connectivity index (χ4v) is 2.82. The molecule has 21 heavy (non-hydrogen) atoms. The normalized spacial score (nSPS) is 12.6. The molecule has 0 aliphatic rings. The molecule has 3 nitrogen and oxygen atoms in total. The van der Waals surface area contributed by atoms with E-state index in [1.54, 1.807) is 0 Å². The van der Waals surface area contributed by atoms with E-state index in [1.165, 1.54) is 0 Å². The van der Waals surface area contributed by atoms with Crippen molar-refractivity contribution in [2.75, 3.05) is 13.1 Å². The maximum absolute atomic E-state index is 6.33. The molecule has 0 radical (unpaired) electrons. The summed E-state index contributed by atoms with van der Waals surface area (Å²) in [5.41, 5.74) is 9.18. The number of rotatable bonds is 6. The van der Waals surface area contributed by atoms with E-state index in [0.717, 1.165) is 35.1 Å².